The molecule has 0 aliphatic rings. The van der Waals surface area contributed by atoms with E-state index in [1.807, 2.05) is 12.1 Å². The molecule has 1 aromatic carbocycles. The van der Waals surface area contributed by atoms with Gasteiger partial charge in [-0.25, -0.2) is 0 Å². The summed E-state index contributed by atoms with van der Waals surface area (Å²) in [7, 11) is 0. The minimum atomic E-state index is 0.180. The van der Waals surface area contributed by atoms with Crippen LogP contribution >= 0.6 is 11.8 Å². The van der Waals surface area contributed by atoms with Crippen molar-refractivity contribution in [2.24, 2.45) is 5.92 Å². The van der Waals surface area contributed by atoms with Crippen LogP contribution in [0.2, 0.25) is 0 Å². The Hall–Kier alpha value is -0.940. The normalized spacial score (nSPS) is 12.1. The summed E-state index contributed by atoms with van der Waals surface area (Å²) in [5.41, 5.74) is 1.30. The molecule has 1 rings (SSSR count). The number of nitrogens with zero attached hydrogens (tertiary/aromatic N) is 1. The lowest BCUT2D eigenvalue weighted by Gasteiger charge is -2.07. The molecule has 0 spiro atoms. The van der Waals surface area contributed by atoms with Gasteiger partial charge < -0.3 is 0 Å². The fourth-order valence-corrected chi connectivity index (χ4v) is 2.32. The van der Waals surface area contributed by atoms with Gasteiger partial charge in [0.15, 0.2) is 0 Å². The van der Waals surface area contributed by atoms with Crippen molar-refractivity contribution in [1.82, 2.24) is 0 Å². The highest BCUT2D eigenvalue weighted by atomic mass is 32.2. The summed E-state index contributed by atoms with van der Waals surface area (Å²) in [6.45, 7) is 4.17. The van der Waals surface area contributed by atoms with Gasteiger partial charge in [0.1, 0.15) is 0 Å². The van der Waals surface area contributed by atoms with Crippen LogP contribution in [0.15, 0.2) is 29.2 Å². The molecule has 0 saturated heterocycles. The second kappa shape index (κ2) is 5.72. The number of hydrogen-bond donors (Lipinski definition) is 0. The van der Waals surface area contributed by atoms with Crippen LogP contribution in [0.25, 0.3) is 0 Å². The topological polar surface area (TPSA) is 23.8 Å². The molecule has 1 atom stereocenters. The van der Waals surface area contributed by atoms with E-state index in [4.69, 9.17) is 5.26 Å². The van der Waals surface area contributed by atoms with E-state index >= 15 is 0 Å². The molecule has 14 heavy (non-hydrogen) atoms. The first-order valence-electron chi connectivity index (χ1n) is 4.86. The van der Waals surface area contributed by atoms with Crippen LogP contribution in [0.4, 0.5) is 0 Å². The van der Waals surface area contributed by atoms with Crippen LogP contribution in [-0.2, 0) is 0 Å². The van der Waals surface area contributed by atoms with Crippen LogP contribution in [0.5, 0.6) is 0 Å². The first kappa shape index (κ1) is 11.1. The van der Waals surface area contributed by atoms with Crippen molar-refractivity contribution in [3.63, 3.8) is 0 Å². The Bertz CT molecular complexity index is 327. The number of rotatable bonds is 4. The number of hydrogen-bond acceptors (Lipinski definition) is 2. The largest absolute Gasteiger partial charge is 0.198 e. The average Bonchev–Trinajstić information content (AvgIpc) is 2.22. The SMILES string of the molecule is CCC(C#N)CSc1ccccc1C. The molecule has 0 radical (unpaired) electrons. The van der Waals surface area contributed by atoms with Crippen molar-refractivity contribution < 1.29 is 0 Å². The Morgan fingerprint density at radius 2 is 2.14 bits per heavy atom. The Labute approximate surface area is 90.1 Å². The summed E-state index contributed by atoms with van der Waals surface area (Å²) in [6, 6.07) is 10.6. The zero-order chi connectivity index (χ0) is 10.4. The summed E-state index contributed by atoms with van der Waals surface area (Å²) in [4.78, 5) is 1.29. The Morgan fingerprint density at radius 1 is 1.43 bits per heavy atom. The molecule has 1 nitrogen and oxygen atoms in total. The van der Waals surface area contributed by atoms with Crippen LogP contribution < -0.4 is 0 Å². The third kappa shape index (κ3) is 3.08. The monoisotopic (exact) mass is 205 g/mol. The van der Waals surface area contributed by atoms with Gasteiger partial charge in [0.25, 0.3) is 0 Å². The van der Waals surface area contributed by atoms with E-state index in [9.17, 15) is 0 Å². The Morgan fingerprint density at radius 3 is 2.71 bits per heavy atom. The van der Waals surface area contributed by atoms with Gasteiger partial charge in [-0.3, -0.25) is 0 Å². The first-order chi connectivity index (χ1) is 6.77. The van der Waals surface area contributed by atoms with Gasteiger partial charge in [-0.15, -0.1) is 11.8 Å². The standard InChI is InChI=1S/C12H15NS/c1-3-11(8-13)9-14-12-7-5-4-6-10(12)2/h4-7,11H,3,9H2,1-2H3. The number of nitriles is 1. The van der Waals surface area contributed by atoms with Gasteiger partial charge in [0.2, 0.25) is 0 Å². The molecule has 0 fully saturated rings. The molecule has 0 aliphatic heterocycles. The zero-order valence-corrected chi connectivity index (χ0v) is 9.47. The van der Waals surface area contributed by atoms with E-state index < -0.39 is 0 Å². The van der Waals surface area contributed by atoms with Crippen molar-refractivity contribution in [3.05, 3.63) is 29.8 Å². The average molecular weight is 205 g/mol. The molecule has 0 bridgehead atoms. The molecule has 0 saturated carbocycles. The smallest absolute Gasteiger partial charge is 0.0664 e. The highest BCUT2D eigenvalue weighted by Gasteiger charge is 2.05. The molecule has 1 unspecified atom stereocenters. The molecule has 0 aromatic heterocycles. The van der Waals surface area contributed by atoms with E-state index in [-0.39, 0.29) is 5.92 Å². The second-order valence-corrected chi connectivity index (χ2v) is 4.37. The van der Waals surface area contributed by atoms with Gasteiger partial charge in [0, 0.05) is 10.6 Å². The molecule has 0 N–H and O–H groups in total. The quantitative estimate of drug-likeness (QED) is 0.701. The molecular formula is C12H15NS. The van der Waals surface area contributed by atoms with Crippen molar-refractivity contribution in [3.8, 4) is 6.07 Å². The summed E-state index contributed by atoms with van der Waals surface area (Å²) < 4.78 is 0. The van der Waals surface area contributed by atoms with Crippen molar-refractivity contribution in [2.45, 2.75) is 25.2 Å². The molecule has 2 heteroatoms. The maximum absolute atomic E-state index is 8.81. The fraction of sp³-hybridized carbons (Fsp3) is 0.417. The summed E-state index contributed by atoms with van der Waals surface area (Å²) >= 11 is 1.78. The van der Waals surface area contributed by atoms with Gasteiger partial charge in [0.05, 0.1) is 12.0 Å². The van der Waals surface area contributed by atoms with E-state index in [1.165, 1.54) is 10.5 Å². The number of aryl methyl sites for hydroxylation is 1. The van der Waals surface area contributed by atoms with E-state index in [2.05, 4.69) is 32.0 Å². The predicted octanol–water partition coefficient (Wildman–Crippen LogP) is 3.64. The van der Waals surface area contributed by atoms with Gasteiger partial charge in [-0.2, -0.15) is 5.26 Å². The van der Waals surface area contributed by atoms with Crippen LogP contribution in [0, 0.1) is 24.2 Å². The van der Waals surface area contributed by atoms with Crippen molar-refractivity contribution >= 4 is 11.8 Å². The van der Waals surface area contributed by atoms with Crippen LogP contribution in [-0.4, -0.2) is 5.75 Å². The lowest BCUT2D eigenvalue weighted by molar-refractivity contribution is 0.724. The van der Waals surface area contributed by atoms with Gasteiger partial charge >= 0.3 is 0 Å². The Balaban J connectivity index is 2.54. The number of benzene rings is 1. The van der Waals surface area contributed by atoms with Crippen LogP contribution in [0.3, 0.4) is 0 Å². The summed E-state index contributed by atoms with van der Waals surface area (Å²) in [6.07, 6.45) is 0.940. The highest BCUT2D eigenvalue weighted by molar-refractivity contribution is 7.99. The van der Waals surface area contributed by atoms with E-state index in [0.29, 0.717) is 0 Å². The van der Waals surface area contributed by atoms with Crippen molar-refractivity contribution in [1.29, 1.82) is 5.26 Å². The lowest BCUT2D eigenvalue weighted by Crippen LogP contribution is -1.98. The summed E-state index contributed by atoms with van der Waals surface area (Å²) in [5.74, 6) is 1.08. The van der Waals surface area contributed by atoms with E-state index in [1.54, 1.807) is 11.8 Å². The maximum atomic E-state index is 8.81. The first-order valence-corrected chi connectivity index (χ1v) is 5.84. The minimum Gasteiger partial charge on any atom is -0.198 e. The second-order valence-electron chi connectivity index (χ2n) is 3.31. The number of thioether (sulfide) groups is 1. The van der Waals surface area contributed by atoms with Crippen molar-refractivity contribution in [2.75, 3.05) is 5.75 Å². The third-order valence-electron chi connectivity index (χ3n) is 2.21. The highest BCUT2D eigenvalue weighted by Crippen LogP contribution is 2.24. The molecular weight excluding hydrogens is 190 g/mol. The molecule has 74 valence electrons. The molecule has 0 aliphatic carbocycles. The Kier molecular flexibility index (Phi) is 4.55. The molecule has 1 aromatic rings. The third-order valence-corrected chi connectivity index (χ3v) is 3.55. The van der Waals surface area contributed by atoms with Crippen LogP contribution in [0.1, 0.15) is 18.9 Å². The van der Waals surface area contributed by atoms with E-state index in [0.717, 1.165) is 12.2 Å². The van der Waals surface area contributed by atoms with Gasteiger partial charge in [-0.05, 0) is 25.0 Å². The fourth-order valence-electron chi connectivity index (χ4n) is 1.16. The van der Waals surface area contributed by atoms with Gasteiger partial charge in [-0.1, -0.05) is 25.1 Å². The predicted molar refractivity (Wildman–Crippen MR) is 61.3 cm³/mol. The maximum Gasteiger partial charge on any atom is 0.0664 e. The molecule has 0 amide bonds. The lowest BCUT2D eigenvalue weighted by atomic mass is 10.1. The summed E-state index contributed by atoms with van der Waals surface area (Å²) in [5, 5.41) is 8.81. The minimum absolute atomic E-state index is 0.180. The zero-order valence-electron chi connectivity index (χ0n) is 8.66. The molecule has 0 heterocycles.